The summed E-state index contributed by atoms with van der Waals surface area (Å²) in [4.78, 5) is 12.4. The van der Waals surface area contributed by atoms with Gasteiger partial charge in [-0.3, -0.25) is 9.52 Å². The van der Waals surface area contributed by atoms with Crippen LogP contribution in [-0.2, 0) is 21.4 Å². The number of amides is 1. The molecule has 0 aliphatic heterocycles. The minimum Gasteiger partial charge on any atom is -0.352 e. The number of hydrogen-bond donors (Lipinski definition) is 2. The van der Waals surface area contributed by atoms with Crippen LogP contribution in [0.15, 0.2) is 47.4 Å². The van der Waals surface area contributed by atoms with E-state index in [0.29, 0.717) is 16.3 Å². The molecule has 5 nitrogen and oxygen atoms in total. The maximum Gasteiger partial charge on any atom is 0.229 e. The van der Waals surface area contributed by atoms with E-state index in [4.69, 9.17) is 0 Å². The highest BCUT2D eigenvalue weighted by molar-refractivity contribution is 7.99. The van der Waals surface area contributed by atoms with Crippen LogP contribution in [0.25, 0.3) is 0 Å². The molecule has 2 aromatic rings. The van der Waals surface area contributed by atoms with Gasteiger partial charge in [0.15, 0.2) is 11.6 Å². The van der Waals surface area contributed by atoms with Crippen LogP contribution >= 0.6 is 11.8 Å². The highest BCUT2D eigenvalue weighted by Gasteiger charge is 2.06. The maximum absolute atomic E-state index is 13.1. The number of sulfonamides is 1. The van der Waals surface area contributed by atoms with E-state index >= 15 is 0 Å². The zero-order valence-electron chi connectivity index (χ0n) is 14.0. The summed E-state index contributed by atoms with van der Waals surface area (Å²) in [5.74, 6) is -1.59. The molecule has 9 heteroatoms. The van der Waals surface area contributed by atoms with Gasteiger partial charge in [-0.05, 0) is 35.9 Å². The molecule has 26 heavy (non-hydrogen) atoms. The van der Waals surface area contributed by atoms with Gasteiger partial charge in [0.1, 0.15) is 0 Å². The van der Waals surface area contributed by atoms with Crippen molar-refractivity contribution < 1.29 is 22.0 Å². The van der Waals surface area contributed by atoms with Gasteiger partial charge in [-0.2, -0.15) is 0 Å². The van der Waals surface area contributed by atoms with Gasteiger partial charge in [-0.25, -0.2) is 17.2 Å². The van der Waals surface area contributed by atoms with E-state index in [1.54, 1.807) is 24.3 Å². The average molecular weight is 400 g/mol. The summed E-state index contributed by atoms with van der Waals surface area (Å²) in [7, 11) is -3.36. The predicted octanol–water partition coefficient (Wildman–Crippen LogP) is 3.13. The van der Waals surface area contributed by atoms with Gasteiger partial charge >= 0.3 is 0 Å². The normalized spacial score (nSPS) is 11.2. The Labute approximate surface area is 155 Å². The molecule has 0 saturated carbocycles. The van der Waals surface area contributed by atoms with Gasteiger partial charge in [-0.1, -0.05) is 12.1 Å². The highest BCUT2D eigenvalue weighted by Crippen LogP contribution is 2.21. The third-order valence-corrected chi connectivity index (χ3v) is 4.81. The number of carbonyl (C=O) groups excluding carboxylic acids is 1. The fourth-order valence-corrected chi connectivity index (χ4v) is 3.51. The van der Waals surface area contributed by atoms with Crippen molar-refractivity contribution in [1.29, 1.82) is 0 Å². The highest BCUT2D eigenvalue weighted by atomic mass is 32.2. The summed E-state index contributed by atoms with van der Waals surface area (Å²) < 4.78 is 50.8. The summed E-state index contributed by atoms with van der Waals surface area (Å²) in [5, 5.41) is 2.73. The minimum absolute atomic E-state index is 0.193. The van der Waals surface area contributed by atoms with Gasteiger partial charge in [0.25, 0.3) is 0 Å². The summed E-state index contributed by atoms with van der Waals surface area (Å²) in [6.07, 6.45) is 1.27. The van der Waals surface area contributed by atoms with Gasteiger partial charge in [0.05, 0.1) is 6.26 Å². The Morgan fingerprint density at radius 3 is 2.58 bits per heavy atom. The second-order valence-corrected chi connectivity index (χ2v) is 8.44. The van der Waals surface area contributed by atoms with Crippen molar-refractivity contribution in [1.82, 2.24) is 5.32 Å². The van der Waals surface area contributed by atoms with E-state index in [1.807, 2.05) is 0 Å². The lowest BCUT2D eigenvalue weighted by Crippen LogP contribution is -2.23. The van der Waals surface area contributed by atoms with Crippen molar-refractivity contribution >= 4 is 33.4 Å². The number of hydrogen-bond acceptors (Lipinski definition) is 4. The molecule has 140 valence electrons. The molecule has 2 rings (SSSR count). The number of benzene rings is 2. The number of anilines is 1. The Kier molecular flexibility index (Phi) is 6.98. The Morgan fingerprint density at radius 2 is 1.88 bits per heavy atom. The van der Waals surface area contributed by atoms with Gasteiger partial charge < -0.3 is 5.32 Å². The van der Waals surface area contributed by atoms with Crippen molar-refractivity contribution in [2.45, 2.75) is 17.9 Å². The lowest BCUT2D eigenvalue weighted by Gasteiger charge is -2.08. The molecular formula is C17H18F2N2O3S2. The van der Waals surface area contributed by atoms with Crippen molar-refractivity contribution in [2.75, 3.05) is 16.7 Å². The molecule has 0 fully saturated rings. The van der Waals surface area contributed by atoms with Crippen molar-refractivity contribution in [3.8, 4) is 0 Å². The van der Waals surface area contributed by atoms with Crippen molar-refractivity contribution in [2.24, 2.45) is 0 Å². The van der Waals surface area contributed by atoms with Crippen LogP contribution in [0.2, 0.25) is 0 Å². The molecule has 0 aliphatic carbocycles. The summed E-state index contributed by atoms with van der Waals surface area (Å²) >= 11 is 1.26. The summed E-state index contributed by atoms with van der Waals surface area (Å²) in [6, 6.07) is 10.3. The smallest absolute Gasteiger partial charge is 0.229 e. The third kappa shape index (κ3) is 7.01. The van der Waals surface area contributed by atoms with Crippen LogP contribution in [-0.4, -0.2) is 26.3 Å². The first-order valence-electron chi connectivity index (χ1n) is 7.64. The number of thioether (sulfide) groups is 1. The average Bonchev–Trinajstić information content (AvgIpc) is 2.55. The zero-order valence-corrected chi connectivity index (χ0v) is 15.6. The number of nitrogens with one attached hydrogen (secondary N) is 2. The van der Waals surface area contributed by atoms with Crippen LogP contribution in [0.3, 0.4) is 0 Å². The van der Waals surface area contributed by atoms with E-state index in [9.17, 15) is 22.0 Å². The second-order valence-electron chi connectivity index (χ2n) is 5.53. The largest absolute Gasteiger partial charge is 0.352 e. The molecule has 2 aromatic carbocycles. The molecule has 0 spiro atoms. The Balaban J connectivity index is 1.78. The lowest BCUT2D eigenvalue weighted by molar-refractivity contribution is -0.120. The molecule has 0 aromatic heterocycles. The fourth-order valence-electron chi connectivity index (χ4n) is 2.08. The Morgan fingerprint density at radius 1 is 1.12 bits per heavy atom. The first-order chi connectivity index (χ1) is 12.2. The predicted molar refractivity (Wildman–Crippen MR) is 98.5 cm³/mol. The monoisotopic (exact) mass is 400 g/mol. The molecule has 0 saturated heterocycles. The van der Waals surface area contributed by atoms with E-state index in [2.05, 4.69) is 10.0 Å². The Bertz CT molecular complexity index is 889. The summed E-state index contributed by atoms with van der Waals surface area (Å²) in [5.41, 5.74) is 1.17. The number of halogens is 2. The van der Waals surface area contributed by atoms with Gasteiger partial charge in [0, 0.05) is 29.3 Å². The molecule has 0 atom stereocenters. The lowest BCUT2D eigenvalue weighted by atomic mass is 10.2. The molecule has 1 amide bonds. The first kappa shape index (κ1) is 20.2. The molecule has 0 bridgehead atoms. The SMILES string of the molecule is CS(=O)(=O)Nc1cccc(CNC(=O)CCSc2ccc(F)c(F)c2)c1. The first-order valence-corrected chi connectivity index (χ1v) is 10.5. The quantitative estimate of drug-likeness (QED) is 0.668. The Hall–Kier alpha value is -2.13. The molecule has 0 aliphatic rings. The van der Waals surface area contributed by atoms with E-state index in [1.165, 1.54) is 17.8 Å². The molecule has 0 heterocycles. The van der Waals surface area contributed by atoms with Crippen LogP contribution in [0, 0.1) is 11.6 Å². The summed E-state index contributed by atoms with van der Waals surface area (Å²) in [6.45, 7) is 0.258. The second kappa shape index (κ2) is 9.00. The molecular weight excluding hydrogens is 382 g/mol. The molecule has 0 unspecified atom stereocenters. The number of carbonyl (C=O) groups is 1. The van der Waals surface area contributed by atoms with Crippen LogP contribution in [0.5, 0.6) is 0 Å². The van der Waals surface area contributed by atoms with Gasteiger partial charge in [-0.15, -0.1) is 11.8 Å². The number of rotatable bonds is 8. The molecule has 2 N–H and O–H groups in total. The van der Waals surface area contributed by atoms with E-state index in [-0.39, 0.29) is 18.9 Å². The third-order valence-electron chi connectivity index (χ3n) is 3.21. The molecule has 0 radical (unpaired) electrons. The van der Waals surface area contributed by atoms with Crippen molar-refractivity contribution in [3.05, 3.63) is 59.7 Å². The van der Waals surface area contributed by atoms with Gasteiger partial charge in [0.2, 0.25) is 15.9 Å². The van der Waals surface area contributed by atoms with Crippen molar-refractivity contribution in [3.63, 3.8) is 0 Å². The maximum atomic E-state index is 13.1. The van der Waals surface area contributed by atoms with E-state index in [0.717, 1.165) is 24.0 Å². The van der Waals surface area contributed by atoms with E-state index < -0.39 is 21.7 Å². The van der Waals surface area contributed by atoms with Crippen LogP contribution in [0.4, 0.5) is 14.5 Å². The minimum atomic E-state index is -3.36. The standard InChI is InChI=1S/C17H18F2N2O3S2/c1-26(23,24)21-13-4-2-3-12(9-13)11-20-17(22)7-8-25-14-5-6-15(18)16(19)10-14/h2-6,9-10,21H,7-8,11H2,1H3,(H,20,22). The van der Waals surface area contributed by atoms with Crippen LogP contribution in [0.1, 0.15) is 12.0 Å². The zero-order chi connectivity index (χ0) is 19.2. The topological polar surface area (TPSA) is 75.3 Å². The van der Waals surface area contributed by atoms with Crippen LogP contribution < -0.4 is 10.0 Å². The fraction of sp³-hybridized carbons (Fsp3) is 0.235.